The van der Waals surface area contributed by atoms with E-state index in [0.29, 0.717) is 5.92 Å². The van der Waals surface area contributed by atoms with Crippen LogP contribution in [0.3, 0.4) is 0 Å². The molecular formula is C58H43NOS. The highest BCUT2D eigenvalue weighted by Gasteiger charge is 2.24. The van der Waals surface area contributed by atoms with E-state index < -0.39 is 0 Å². The van der Waals surface area contributed by atoms with Crippen molar-refractivity contribution in [2.75, 3.05) is 4.90 Å². The van der Waals surface area contributed by atoms with Crippen molar-refractivity contribution in [1.82, 2.24) is 0 Å². The first-order valence-corrected chi connectivity index (χ1v) is 22.5. The molecule has 292 valence electrons. The van der Waals surface area contributed by atoms with E-state index in [1.807, 2.05) is 17.4 Å². The van der Waals surface area contributed by atoms with Crippen molar-refractivity contribution in [1.29, 1.82) is 0 Å². The molecule has 0 radical (unpaired) electrons. The molecule has 0 aliphatic heterocycles. The zero-order chi connectivity index (χ0) is 40.3. The summed E-state index contributed by atoms with van der Waals surface area (Å²) < 4.78 is 9.01. The van der Waals surface area contributed by atoms with Crippen LogP contribution in [0.4, 0.5) is 17.1 Å². The molecule has 0 saturated heterocycles. The molecule has 61 heavy (non-hydrogen) atoms. The molecule has 2 nitrogen and oxygen atoms in total. The lowest BCUT2D eigenvalue weighted by Gasteiger charge is -2.30. The normalized spacial score (nSPS) is 13.5. The minimum atomic E-state index is 0.577. The smallest absolute Gasteiger partial charge is 0.136 e. The van der Waals surface area contributed by atoms with Crippen LogP contribution in [0.2, 0.25) is 0 Å². The third-order valence-corrected chi connectivity index (χ3v) is 14.2. The molecule has 1 saturated carbocycles. The van der Waals surface area contributed by atoms with E-state index in [1.54, 1.807) is 0 Å². The molecule has 9 aromatic carbocycles. The third kappa shape index (κ3) is 6.14. The van der Waals surface area contributed by atoms with Crippen molar-refractivity contribution in [3.63, 3.8) is 0 Å². The maximum atomic E-state index is 6.38. The van der Waals surface area contributed by atoms with Crippen LogP contribution in [0.15, 0.2) is 199 Å². The van der Waals surface area contributed by atoms with Gasteiger partial charge in [0.25, 0.3) is 0 Å². The summed E-state index contributed by atoms with van der Waals surface area (Å²) in [5.74, 6) is 0.577. The highest BCUT2D eigenvalue weighted by atomic mass is 32.1. The molecule has 0 atom stereocenters. The summed E-state index contributed by atoms with van der Waals surface area (Å²) in [6.45, 7) is 0. The summed E-state index contributed by atoms with van der Waals surface area (Å²) >= 11 is 1.87. The molecule has 1 fully saturated rings. The van der Waals surface area contributed by atoms with Crippen molar-refractivity contribution < 1.29 is 4.42 Å². The van der Waals surface area contributed by atoms with E-state index in [-0.39, 0.29) is 0 Å². The van der Waals surface area contributed by atoms with Gasteiger partial charge in [-0.1, -0.05) is 159 Å². The number of nitrogens with zero attached hydrogens (tertiary/aromatic N) is 1. The summed E-state index contributed by atoms with van der Waals surface area (Å²) in [4.78, 5) is 2.49. The minimum absolute atomic E-state index is 0.577. The molecule has 0 N–H and O–H groups in total. The van der Waals surface area contributed by atoms with Gasteiger partial charge in [-0.25, -0.2) is 0 Å². The first kappa shape index (κ1) is 36.0. The molecule has 11 aromatic rings. The fraction of sp³-hybridized carbons (Fsp3) is 0.103. The van der Waals surface area contributed by atoms with Gasteiger partial charge in [0.2, 0.25) is 0 Å². The summed E-state index contributed by atoms with van der Waals surface area (Å²) in [6.07, 6.45) is 6.46. The number of anilines is 3. The number of benzene rings is 9. The van der Waals surface area contributed by atoms with Crippen molar-refractivity contribution >= 4 is 81.3 Å². The van der Waals surface area contributed by atoms with E-state index in [9.17, 15) is 0 Å². The quantitative estimate of drug-likeness (QED) is 0.160. The SMILES string of the molecule is c1cc(-c2cccc3oc4ccccc4c23)cc(N(c2cccc(-c3cccc4sc5ccccc5c34)c2)c2ccccc2-c2cccc3cccc(C4CCCCC4)c23)c1. The van der Waals surface area contributed by atoms with Crippen LogP contribution in [0.1, 0.15) is 43.6 Å². The molecule has 2 aromatic heterocycles. The second-order valence-corrected chi connectivity index (χ2v) is 17.7. The second kappa shape index (κ2) is 15.0. The van der Waals surface area contributed by atoms with Crippen molar-refractivity contribution in [3.05, 3.63) is 200 Å². The van der Waals surface area contributed by atoms with Gasteiger partial charge in [0.15, 0.2) is 0 Å². The van der Waals surface area contributed by atoms with E-state index in [2.05, 4.69) is 193 Å². The Labute approximate surface area is 360 Å². The molecule has 0 bridgehead atoms. The maximum absolute atomic E-state index is 6.38. The number of fused-ring (bicyclic) bond motifs is 7. The highest BCUT2D eigenvalue weighted by molar-refractivity contribution is 7.25. The average Bonchev–Trinajstić information content (AvgIpc) is 3.91. The van der Waals surface area contributed by atoms with Crippen LogP contribution in [0.5, 0.6) is 0 Å². The van der Waals surface area contributed by atoms with Crippen LogP contribution in [0, 0.1) is 0 Å². The Kier molecular flexibility index (Phi) is 8.82. The van der Waals surface area contributed by atoms with Crippen LogP contribution in [-0.2, 0) is 0 Å². The van der Waals surface area contributed by atoms with Gasteiger partial charge in [0.1, 0.15) is 11.2 Å². The third-order valence-electron chi connectivity index (χ3n) is 13.1. The molecule has 2 heterocycles. The summed E-state index contributed by atoms with van der Waals surface area (Å²) in [5.41, 5.74) is 13.9. The predicted molar refractivity (Wildman–Crippen MR) is 261 cm³/mol. The Hall–Kier alpha value is -6.94. The van der Waals surface area contributed by atoms with Gasteiger partial charge in [0.05, 0.1) is 5.69 Å². The average molecular weight is 802 g/mol. The first-order chi connectivity index (χ1) is 30.3. The Morgan fingerprint density at radius 1 is 0.426 bits per heavy atom. The van der Waals surface area contributed by atoms with Crippen LogP contribution >= 0.6 is 11.3 Å². The van der Waals surface area contributed by atoms with E-state index in [0.717, 1.165) is 50.1 Å². The Morgan fingerprint density at radius 3 is 1.84 bits per heavy atom. The fourth-order valence-corrected chi connectivity index (χ4v) is 11.5. The number of rotatable bonds is 7. The van der Waals surface area contributed by atoms with Gasteiger partial charge in [-0.2, -0.15) is 0 Å². The molecular weight excluding hydrogens is 759 g/mol. The number of hydrogen-bond donors (Lipinski definition) is 0. The van der Waals surface area contributed by atoms with Gasteiger partial charge < -0.3 is 9.32 Å². The highest BCUT2D eigenvalue weighted by Crippen LogP contribution is 2.48. The van der Waals surface area contributed by atoms with Crippen molar-refractivity contribution in [3.8, 4) is 33.4 Å². The molecule has 0 amide bonds. The predicted octanol–water partition coefficient (Wildman–Crippen LogP) is 17.6. The van der Waals surface area contributed by atoms with E-state index >= 15 is 0 Å². The van der Waals surface area contributed by atoms with E-state index in [4.69, 9.17) is 4.42 Å². The van der Waals surface area contributed by atoms with Gasteiger partial charge in [-0.05, 0) is 118 Å². The lowest BCUT2D eigenvalue weighted by atomic mass is 9.80. The molecule has 1 aliphatic carbocycles. The Balaban J connectivity index is 1.09. The van der Waals surface area contributed by atoms with Gasteiger partial charge in [-0.3, -0.25) is 0 Å². The zero-order valence-electron chi connectivity index (χ0n) is 33.9. The largest absolute Gasteiger partial charge is 0.456 e. The van der Waals surface area contributed by atoms with Crippen molar-refractivity contribution in [2.24, 2.45) is 0 Å². The molecule has 0 spiro atoms. The topological polar surface area (TPSA) is 16.4 Å². The Morgan fingerprint density at radius 2 is 1.02 bits per heavy atom. The Bertz CT molecular complexity index is 3270. The fourth-order valence-electron chi connectivity index (χ4n) is 10.3. The van der Waals surface area contributed by atoms with Crippen molar-refractivity contribution in [2.45, 2.75) is 38.0 Å². The van der Waals surface area contributed by atoms with Gasteiger partial charge in [-0.15, -0.1) is 11.3 Å². The second-order valence-electron chi connectivity index (χ2n) is 16.6. The van der Waals surface area contributed by atoms with Crippen LogP contribution in [0.25, 0.3) is 86.3 Å². The number of thiophene rings is 1. The van der Waals surface area contributed by atoms with E-state index in [1.165, 1.54) is 90.9 Å². The molecule has 3 heteroatoms. The number of para-hydroxylation sites is 2. The number of hydrogen-bond acceptors (Lipinski definition) is 3. The first-order valence-electron chi connectivity index (χ1n) is 21.7. The van der Waals surface area contributed by atoms with Crippen LogP contribution < -0.4 is 4.90 Å². The lowest BCUT2D eigenvalue weighted by molar-refractivity contribution is 0.445. The summed E-state index contributed by atoms with van der Waals surface area (Å²) in [7, 11) is 0. The number of furan rings is 1. The molecule has 1 aliphatic rings. The molecule has 0 unspecified atom stereocenters. The standard InChI is InChI=1S/C58H43NOS/c1-2-16-38(17-3-1)44-27-12-18-39-19-13-30-48(56(39)44)47-24-4-7-31-51(47)59(42-22-10-20-40(36-42)45-28-14-33-53-57(45)49-25-5-8-32-52(49)60-53)43-23-11-21-41(37-43)46-29-15-35-55-58(46)50-26-6-9-34-54(50)61-55/h4-15,18-38H,1-3,16-17H2. The minimum Gasteiger partial charge on any atom is -0.456 e. The summed E-state index contributed by atoms with van der Waals surface area (Å²) in [6, 6.07) is 71.6. The van der Waals surface area contributed by atoms with Gasteiger partial charge >= 0.3 is 0 Å². The lowest BCUT2D eigenvalue weighted by Crippen LogP contribution is -2.12. The monoisotopic (exact) mass is 801 g/mol. The maximum Gasteiger partial charge on any atom is 0.136 e. The summed E-state index contributed by atoms with van der Waals surface area (Å²) in [5, 5.41) is 7.60. The van der Waals surface area contributed by atoms with Crippen LogP contribution in [-0.4, -0.2) is 0 Å². The molecule has 12 rings (SSSR count). The van der Waals surface area contributed by atoms with Gasteiger partial charge in [0, 0.05) is 47.9 Å². The zero-order valence-corrected chi connectivity index (χ0v) is 34.7.